The molecule has 0 bridgehead atoms. The highest BCUT2D eigenvalue weighted by atomic mass is 16.5. The molecule has 0 heterocycles. The standard InChI is InChI=1S/C12H15NO2/c1-3-9(8-12(14)15-2)10-5-4-6-11(13)7-10/h4-8H,3,13H2,1-2H3/b9-8-. The third-order valence-electron chi connectivity index (χ3n) is 2.13. The number of esters is 1. The second kappa shape index (κ2) is 5.20. The molecular formula is C12H15NO2. The zero-order chi connectivity index (χ0) is 11.3. The van der Waals surface area contributed by atoms with Crippen LogP contribution < -0.4 is 5.73 Å². The van der Waals surface area contributed by atoms with Gasteiger partial charge in [-0.2, -0.15) is 0 Å². The number of benzene rings is 1. The van der Waals surface area contributed by atoms with Crippen LogP contribution in [-0.2, 0) is 9.53 Å². The largest absolute Gasteiger partial charge is 0.466 e. The van der Waals surface area contributed by atoms with E-state index in [1.54, 1.807) is 0 Å². The SMILES string of the molecule is CC/C(=C/C(=O)OC)c1cccc(N)c1. The monoisotopic (exact) mass is 205 g/mol. The van der Waals surface area contributed by atoms with Crippen LogP contribution in [0, 0.1) is 0 Å². The quantitative estimate of drug-likeness (QED) is 0.467. The van der Waals surface area contributed by atoms with Gasteiger partial charge in [0.05, 0.1) is 7.11 Å². The van der Waals surface area contributed by atoms with Gasteiger partial charge in [0.1, 0.15) is 0 Å². The first kappa shape index (κ1) is 11.3. The summed E-state index contributed by atoms with van der Waals surface area (Å²) < 4.78 is 4.59. The van der Waals surface area contributed by atoms with Crippen molar-refractivity contribution in [3.63, 3.8) is 0 Å². The van der Waals surface area contributed by atoms with Gasteiger partial charge < -0.3 is 10.5 Å². The fourth-order valence-corrected chi connectivity index (χ4v) is 1.33. The fourth-order valence-electron chi connectivity index (χ4n) is 1.33. The maximum absolute atomic E-state index is 11.1. The molecule has 3 heteroatoms. The van der Waals surface area contributed by atoms with E-state index in [1.165, 1.54) is 13.2 Å². The van der Waals surface area contributed by atoms with Gasteiger partial charge in [0, 0.05) is 11.8 Å². The summed E-state index contributed by atoms with van der Waals surface area (Å²) in [6.45, 7) is 1.98. The lowest BCUT2D eigenvalue weighted by Crippen LogP contribution is -1.97. The van der Waals surface area contributed by atoms with Gasteiger partial charge in [0.15, 0.2) is 0 Å². The lowest BCUT2D eigenvalue weighted by atomic mass is 10.0. The third kappa shape index (κ3) is 3.13. The van der Waals surface area contributed by atoms with Crippen molar-refractivity contribution in [3.8, 4) is 0 Å². The average molecular weight is 205 g/mol. The maximum Gasteiger partial charge on any atom is 0.330 e. The predicted molar refractivity (Wildman–Crippen MR) is 61.1 cm³/mol. The van der Waals surface area contributed by atoms with Crippen molar-refractivity contribution in [2.24, 2.45) is 0 Å². The van der Waals surface area contributed by atoms with Crippen molar-refractivity contribution in [2.45, 2.75) is 13.3 Å². The summed E-state index contributed by atoms with van der Waals surface area (Å²) in [6, 6.07) is 7.45. The molecule has 1 rings (SSSR count). The number of nitrogen functional groups attached to an aromatic ring is 1. The molecule has 0 unspecified atom stereocenters. The van der Waals surface area contributed by atoms with Gasteiger partial charge >= 0.3 is 5.97 Å². The molecule has 1 aromatic carbocycles. The molecule has 0 amide bonds. The molecule has 0 aromatic heterocycles. The Morgan fingerprint density at radius 3 is 2.80 bits per heavy atom. The zero-order valence-corrected chi connectivity index (χ0v) is 8.99. The van der Waals surface area contributed by atoms with E-state index in [9.17, 15) is 4.79 Å². The summed E-state index contributed by atoms with van der Waals surface area (Å²) in [4.78, 5) is 11.1. The van der Waals surface area contributed by atoms with Crippen molar-refractivity contribution in [1.82, 2.24) is 0 Å². The van der Waals surface area contributed by atoms with Crippen LogP contribution in [0.4, 0.5) is 5.69 Å². The molecule has 80 valence electrons. The van der Waals surface area contributed by atoms with Crippen molar-refractivity contribution < 1.29 is 9.53 Å². The van der Waals surface area contributed by atoms with Crippen LogP contribution in [0.15, 0.2) is 30.3 Å². The minimum atomic E-state index is -0.339. The van der Waals surface area contributed by atoms with E-state index < -0.39 is 0 Å². The Balaban J connectivity index is 3.02. The van der Waals surface area contributed by atoms with E-state index in [4.69, 9.17) is 5.73 Å². The topological polar surface area (TPSA) is 52.3 Å². The van der Waals surface area contributed by atoms with Gasteiger partial charge in [-0.15, -0.1) is 0 Å². The van der Waals surface area contributed by atoms with Gasteiger partial charge in [0.25, 0.3) is 0 Å². The summed E-state index contributed by atoms with van der Waals surface area (Å²) in [7, 11) is 1.37. The minimum Gasteiger partial charge on any atom is -0.466 e. The number of anilines is 1. The molecule has 0 atom stereocenters. The first-order chi connectivity index (χ1) is 7.17. The summed E-state index contributed by atoms with van der Waals surface area (Å²) >= 11 is 0. The molecule has 0 aliphatic carbocycles. The van der Waals surface area contributed by atoms with Crippen LogP contribution in [0.3, 0.4) is 0 Å². The highest BCUT2D eigenvalue weighted by molar-refractivity contribution is 5.91. The van der Waals surface area contributed by atoms with Crippen LogP contribution in [0.25, 0.3) is 5.57 Å². The van der Waals surface area contributed by atoms with Crippen molar-refractivity contribution in [1.29, 1.82) is 0 Å². The van der Waals surface area contributed by atoms with Crippen LogP contribution in [-0.4, -0.2) is 13.1 Å². The summed E-state index contributed by atoms with van der Waals surface area (Å²) in [6.07, 6.45) is 2.26. The molecule has 0 aliphatic rings. The van der Waals surface area contributed by atoms with Crippen LogP contribution in [0.1, 0.15) is 18.9 Å². The summed E-state index contributed by atoms with van der Waals surface area (Å²) in [5, 5.41) is 0. The first-order valence-electron chi connectivity index (χ1n) is 4.81. The molecule has 2 N–H and O–H groups in total. The number of carbonyl (C=O) groups is 1. The molecule has 0 aliphatic heterocycles. The molecular weight excluding hydrogens is 190 g/mol. The normalized spacial score (nSPS) is 11.2. The molecule has 3 nitrogen and oxygen atoms in total. The van der Waals surface area contributed by atoms with E-state index in [0.717, 1.165) is 17.6 Å². The highest BCUT2D eigenvalue weighted by Crippen LogP contribution is 2.19. The Hall–Kier alpha value is -1.77. The number of nitrogens with two attached hydrogens (primary N) is 1. The van der Waals surface area contributed by atoms with E-state index in [-0.39, 0.29) is 5.97 Å². The third-order valence-corrected chi connectivity index (χ3v) is 2.13. The second-order valence-electron chi connectivity index (χ2n) is 3.17. The molecule has 0 fully saturated rings. The summed E-state index contributed by atoms with van der Waals surface area (Å²) in [5.74, 6) is -0.339. The number of hydrogen-bond acceptors (Lipinski definition) is 3. The van der Waals surface area contributed by atoms with Crippen molar-refractivity contribution in [3.05, 3.63) is 35.9 Å². The van der Waals surface area contributed by atoms with Gasteiger partial charge in [0.2, 0.25) is 0 Å². The highest BCUT2D eigenvalue weighted by Gasteiger charge is 2.03. The number of hydrogen-bond donors (Lipinski definition) is 1. The Kier molecular flexibility index (Phi) is 3.92. The fraction of sp³-hybridized carbons (Fsp3) is 0.250. The van der Waals surface area contributed by atoms with Gasteiger partial charge in [-0.1, -0.05) is 19.1 Å². The van der Waals surface area contributed by atoms with E-state index in [2.05, 4.69) is 4.74 Å². The van der Waals surface area contributed by atoms with E-state index in [0.29, 0.717) is 5.69 Å². The number of allylic oxidation sites excluding steroid dienone is 1. The molecule has 0 saturated carbocycles. The molecule has 0 radical (unpaired) electrons. The van der Waals surface area contributed by atoms with Crippen molar-refractivity contribution in [2.75, 3.05) is 12.8 Å². The number of ether oxygens (including phenoxy) is 1. The van der Waals surface area contributed by atoms with Crippen molar-refractivity contribution >= 4 is 17.2 Å². The first-order valence-corrected chi connectivity index (χ1v) is 4.81. The van der Waals surface area contributed by atoms with E-state index in [1.807, 2.05) is 31.2 Å². The Morgan fingerprint density at radius 2 is 2.27 bits per heavy atom. The van der Waals surface area contributed by atoms with Gasteiger partial charge in [-0.05, 0) is 29.7 Å². The van der Waals surface area contributed by atoms with Crippen LogP contribution in [0.2, 0.25) is 0 Å². The Morgan fingerprint density at radius 1 is 1.53 bits per heavy atom. The smallest absolute Gasteiger partial charge is 0.330 e. The molecule has 0 saturated heterocycles. The van der Waals surface area contributed by atoms with Gasteiger partial charge in [-0.25, -0.2) is 4.79 Å². The molecule has 1 aromatic rings. The van der Waals surface area contributed by atoms with E-state index >= 15 is 0 Å². The van der Waals surface area contributed by atoms with Crippen LogP contribution in [0.5, 0.6) is 0 Å². The zero-order valence-electron chi connectivity index (χ0n) is 8.99. The predicted octanol–water partition coefficient (Wildman–Crippen LogP) is 2.24. The van der Waals surface area contributed by atoms with Crippen LogP contribution >= 0.6 is 0 Å². The molecule has 0 spiro atoms. The maximum atomic E-state index is 11.1. The van der Waals surface area contributed by atoms with Gasteiger partial charge in [-0.3, -0.25) is 0 Å². The lowest BCUT2D eigenvalue weighted by molar-refractivity contribution is -0.134. The lowest BCUT2D eigenvalue weighted by Gasteiger charge is -2.05. The molecule has 15 heavy (non-hydrogen) atoms. The summed E-state index contributed by atoms with van der Waals surface area (Å²) in [5.41, 5.74) is 8.25. The Bertz CT molecular complexity index is 383. The number of rotatable bonds is 3. The minimum absolute atomic E-state index is 0.339. The number of carbonyl (C=O) groups excluding carboxylic acids is 1. The number of methoxy groups -OCH3 is 1. The average Bonchev–Trinajstić information content (AvgIpc) is 2.25. The Labute approximate surface area is 89.5 Å². The second-order valence-corrected chi connectivity index (χ2v) is 3.17.